The molecule has 0 saturated carbocycles. The summed E-state index contributed by atoms with van der Waals surface area (Å²) in [6.07, 6.45) is 0.531. The van der Waals surface area contributed by atoms with Crippen molar-refractivity contribution in [3.63, 3.8) is 0 Å². The Morgan fingerprint density at radius 3 is 2.62 bits per heavy atom. The van der Waals surface area contributed by atoms with E-state index in [-0.39, 0.29) is 11.2 Å². The Morgan fingerprint density at radius 1 is 1.31 bits per heavy atom. The van der Waals surface area contributed by atoms with Gasteiger partial charge in [-0.25, -0.2) is 9.18 Å². The summed E-state index contributed by atoms with van der Waals surface area (Å²) in [5.41, 5.74) is 2.71. The van der Waals surface area contributed by atoms with Crippen LogP contribution in [0.5, 0.6) is 5.75 Å². The number of hydrogen-bond acceptors (Lipinski definition) is 2. The predicted octanol–water partition coefficient (Wildman–Crippen LogP) is 5.17. The number of rotatable bonds is 5. The van der Waals surface area contributed by atoms with Crippen molar-refractivity contribution in [2.45, 2.75) is 39.7 Å². The minimum Gasteiger partial charge on any atom is -0.494 e. The van der Waals surface area contributed by atoms with Crippen LogP contribution in [0.15, 0.2) is 36.4 Å². The van der Waals surface area contributed by atoms with Crippen LogP contribution in [0.4, 0.5) is 9.18 Å². The van der Waals surface area contributed by atoms with Crippen LogP contribution in [0.1, 0.15) is 44.4 Å². The second kappa shape index (κ2) is 6.98. The van der Waals surface area contributed by atoms with Crippen LogP contribution in [-0.2, 0) is 6.42 Å². The molecule has 0 spiro atoms. The fourth-order valence-corrected chi connectivity index (χ4v) is 3.64. The van der Waals surface area contributed by atoms with Crippen molar-refractivity contribution in [2.24, 2.45) is 5.41 Å². The molecule has 0 bridgehead atoms. The molecule has 2 N–H and O–H groups in total. The van der Waals surface area contributed by atoms with E-state index in [1.165, 1.54) is 6.07 Å². The molecule has 1 atom stereocenters. The summed E-state index contributed by atoms with van der Waals surface area (Å²) in [6, 6.07) is 10.3. The van der Waals surface area contributed by atoms with Crippen molar-refractivity contribution in [3.05, 3.63) is 53.3 Å². The van der Waals surface area contributed by atoms with Gasteiger partial charge in [-0.15, -0.1) is 0 Å². The third-order valence-corrected chi connectivity index (χ3v) is 4.87. The van der Waals surface area contributed by atoms with Crippen LogP contribution >= 0.6 is 0 Å². The van der Waals surface area contributed by atoms with E-state index in [2.05, 4.69) is 5.32 Å². The second-order valence-corrected chi connectivity index (χ2v) is 7.45. The molecule has 1 aliphatic carbocycles. The van der Waals surface area contributed by atoms with Crippen molar-refractivity contribution < 1.29 is 19.0 Å². The van der Waals surface area contributed by atoms with Gasteiger partial charge in [-0.1, -0.05) is 32.9 Å². The molecular weight excluding hydrogens is 333 g/mol. The number of amides is 1. The summed E-state index contributed by atoms with van der Waals surface area (Å²) in [5.74, 6) is 0.421. The van der Waals surface area contributed by atoms with E-state index in [1.807, 2.05) is 51.1 Å². The monoisotopic (exact) mass is 357 g/mol. The van der Waals surface area contributed by atoms with Gasteiger partial charge in [0.1, 0.15) is 11.6 Å². The molecule has 0 heterocycles. The van der Waals surface area contributed by atoms with Gasteiger partial charge in [0.25, 0.3) is 0 Å². The molecule has 138 valence electrons. The highest BCUT2D eigenvalue weighted by Gasteiger charge is 2.40. The molecule has 5 heteroatoms. The van der Waals surface area contributed by atoms with Gasteiger partial charge in [-0.2, -0.15) is 0 Å². The lowest BCUT2D eigenvalue weighted by atomic mass is 9.85. The zero-order valence-electron chi connectivity index (χ0n) is 15.3. The van der Waals surface area contributed by atoms with E-state index in [9.17, 15) is 9.18 Å². The number of nitrogens with one attached hydrogen (secondary N) is 1. The number of carbonyl (C=O) groups is 1. The Labute approximate surface area is 153 Å². The average molecular weight is 357 g/mol. The van der Waals surface area contributed by atoms with Gasteiger partial charge in [0.15, 0.2) is 0 Å². The molecule has 0 aliphatic heterocycles. The highest BCUT2D eigenvalue weighted by atomic mass is 19.1. The molecule has 3 rings (SSSR count). The maximum Gasteiger partial charge on any atom is 0.405 e. The Hall–Kier alpha value is -2.56. The SMILES string of the molecule is CCCOc1ccc(-c2cc3c(cc2F)[C@H](NC(=O)O)C(C)(C)C3)cc1. The summed E-state index contributed by atoms with van der Waals surface area (Å²) < 4.78 is 20.4. The Balaban J connectivity index is 1.94. The molecule has 0 saturated heterocycles. The third-order valence-electron chi connectivity index (χ3n) is 4.87. The molecule has 0 unspecified atom stereocenters. The smallest absolute Gasteiger partial charge is 0.405 e. The van der Waals surface area contributed by atoms with E-state index in [0.717, 1.165) is 28.9 Å². The van der Waals surface area contributed by atoms with Crippen molar-refractivity contribution in [3.8, 4) is 16.9 Å². The number of hydrogen-bond donors (Lipinski definition) is 2. The van der Waals surface area contributed by atoms with Gasteiger partial charge in [-0.05, 0) is 59.2 Å². The van der Waals surface area contributed by atoms with E-state index in [4.69, 9.17) is 9.84 Å². The molecule has 1 aliphatic rings. The van der Waals surface area contributed by atoms with Crippen LogP contribution in [0.3, 0.4) is 0 Å². The molecule has 2 aromatic carbocycles. The van der Waals surface area contributed by atoms with Crippen LogP contribution < -0.4 is 10.1 Å². The normalized spacial score (nSPS) is 17.6. The van der Waals surface area contributed by atoms with Crippen LogP contribution in [0.2, 0.25) is 0 Å². The molecule has 2 aromatic rings. The Bertz CT molecular complexity index is 815. The van der Waals surface area contributed by atoms with E-state index in [1.54, 1.807) is 0 Å². The first-order valence-corrected chi connectivity index (χ1v) is 8.87. The van der Waals surface area contributed by atoms with Crippen molar-refractivity contribution >= 4 is 6.09 Å². The maximum absolute atomic E-state index is 14.8. The first-order valence-electron chi connectivity index (χ1n) is 8.87. The minimum absolute atomic E-state index is 0.302. The van der Waals surface area contributed by atoms with Gasteiger partial charge in [-0.3, -0.25) is 0 Å². The van der Waals surface area contributed by atoms with Crippen molar-refractivity contribution in [1.82, 2.24) is 5.32 Å². The lowest BCUT2D eigenvalue weighted by Gasteiger charge is -2.27. The quantitative estimate of drug-likeness (QED) is 0.776. The van der Waals surface area contributed by atoms with E-state index in [0.29, 0.717) is 18.6 Å². The Morgan fingerprint density at radius 2 is 2.00 bits per heavy atom. The fraction of sp³-hybridized carbons (Fsp3) is 0.381. The first-order chi connectivity index (χ1) is 12.3. The van der Waals surface area contributed by atoms with Gasteiger partial charge >= 0.3 is 6.09 Å². The molecular formula is C21H24FNO3. The van der Waals surface area contributed by atoms with Gasteiger partial charge in [0.2, 0.25) is 0 Å². The summed E-state index contributed by atoms with van der Waals surface area (Å²) >= 11 is 0. The lowest BCUT2D eigenvalue weighted by molar-refractivity contribution is 0.175. The van der Waals surface area contributed by atoms with Gasteiger partial charge < -0.3 is 15.2 Å². The molecule has 4 nitrogen and oxygen atoms in total. The summed E-state index contributed by atoms with van der Waals surface area (Å²) in [7, 11) is 0. The second-order valence-electron chi connectivity index (χ2n) is 7.45. The summed E-state index contributed by atoms with van der Waals surface area (Å²) in [5, 5.41) is 11.6. The summed E-state index contributed by atoms with van der Waals surface area (Å²) in [4.78, 5) is 11.1. The van der Waals surface area contributed by atoms with Crippen LogP contribution in [0.25, 0.3) is 11.1 Å². The molecule has 0 radical (unpaired) electrons. The maximum atomic E-state index is 14.8. The fourth-order valence-electron chi connectivity index (χ4n) is 3.64. The predicted molar refractivity (Wildman–Crippen MR) is 99.0 cm³/mol. The van der Waals surface area contributed by atoms with E-state index < -0.39 is 12.1 Å². The average Bonchev–Trinajstić information content (AvgIpc) is 2.82. The van der Waals surface area contributed by atoms with E-state index >= 15 is 0 Å². The zero-order chi connectivity index (χ0) is 18.9. The number of carboxylic acid groups (broad SMARTS) is 1. The third kappa shape index (κ3) is 3.52. The summed E-state index contributed by atoms with van der Waals surface area (Å²) in [6.45, 7) is 6.68. The number of ether oxygens (including phenoxy) is 1. The standard InChI is InChI=1S/C21H24FNO3/c1-4-9-26-15-7-5-13(6-8-15)16-10-14-12-21(2,3)19(23-20(24)25)17(14)11-18(16)22/h5-8,10-11,19,23H,4,9,12H2,1-3H3,(H,24,25)/t19-/m0/s1. The van der Waals surface area contributed by atoms with Crippen LogP contribution in [-0.4, -0.2) is 17.8 Å². The van der Waals surface area contributed by atoms with Crippen molar-refractivity contribution in [2.75, 3.05) is 6.61 Å². The van der Waals surface area contributed by atoms with Gasteiger partial charge in [0.05, 0.1) is 12.6 Å². The minimum atomic E-state index is -1.09. The first kappa shape index (κ1) is 18.2. The molecule has 0 fully saturated rings. The zero-order valence-corrected chi connectivity index (χ0v) is 15.3. The van der Waals surface area contributed by atoms with Crippen molar-refractivity contribution in [1.29, 1.82) is 0 Å². The lowest BCUT2D eigenvalue weighted by Crippen LogP contribution is -2.34. The van der Waals surface area contributed by atoms with Crippen LogP contribution in [0, 0.1) is 11.2 Å². The number of halogens is 1. The Kier molecular flexibility index (Phi) is 4.90. The highest BCUT2D eigenvalue weighted by Crippen LogP contribution is 2.46. The topological polar surface area (TPSA) is 58.6 Å². The largest absolute Gasteiger partial charge is 0.494 e. The highest BCUT2D eigenvalue weighted by molar-refractivity contribution is 5.69. The number of benzene rings is 2. The molecule has 1 amide bonds. The number of fused-ring (bicyclic) bond motifs is 1. The van der Waals surface area contributed by atoms with Gasteiger partial charge in [0, 0.05) is 5.56 Å². The molecule has 26 heavy (non-hydrogen) atoms. The molecule has 0 aromatic heterocycles.